The molecule has 2 N–H and O–H groups in total. The first-order chi connectivity index (χ1) is 11.3. The Balaban J connectivity index is 1.77. The van der Waals surface area contributed by atoms with E-state index in [2.05, 4.69) is 10.6 Å². The van der Waals surface area contributed by atoms with Crippen molar-refractivity contribution in [2.45, 2.75) is 12.6 Å². The Kier molecular flexibility index (Phi) is 5.78. The van der Waals surface area contributed by atoms with Crippen molar-refractivity contribution in [1.82, 2.24) is 5.32 Å². The lowest BCUT2D eigenvalue weighted by atomic mass is 10.1. The lowest BCUT2D eigenvalue weighted by Gasteiger charge is -2.11. The summed E-state index contributed by atoms with van der Waals surface area (Å²) >= 11 is 0. The molecule has 7 heteroatoms. The Bertz CT molecular complexity index is 701. The van der Waals surface area contributed by atoms with Gasteiger partial charge in [0.2, 0.25) is 5.91 Å². The maximum absolute atomic E-state index is 13.0. The topological polar surface area (TPSA) is 41.1 Å². The van der Waals surface area contributed by atoms with Gasteiger partial charge in [0, 0.05) is 12.2 Å². The summed E-state index contributed by atoms with van der Waals surface area (Å²) in [5, 5.41) is 5.26. The van der Waals surface area contributed by atoms with Crippen LogP contribution >= 0.6 is 0 Å². The predicted octanol–water partition coefficient (Wildman–Crippen LogP) is 3.62. The molecule has 0 heterocycles. The zero-order valence-corrected chi connectivity index (χ0v) is 12.7. The van der Waals surface area contributed by atoms with Crippen molar-refractivity contribution in [3.05, 3.63) is 65.5 Å². The van der Waals surface area contributed by atoms with Gasteiger partial charge >= 0.3 is 6.18 Å². The molecular weight excluding hydrogens is 324 g/mol. The minimum atomic E-state index is -4.43. The van der Waals surface area contributed by atoms with Crippen LogP contribution < -0.4 is 10.6 Å². The highest BCUT2D eigenvalue weighted by molar-refractivity contribution is 5.80. The minimum Gasteiger partial charge on any atom is -0.376 e. The highest BCUT2D eigenvalue weighted by atomic mass is 19.4. The van der Waals surface area contributed by atoms with Gasteiger partial charge in [0.25, 0.3) is 0 Å². The molecule has 0 aliphatic rings. The molecule has 0 bridgehead atoms. The van der Waals surface area contributed by atoms with Gasteiger partial charge in [-0.2, -0.15) is 13.2 Å². The van der Waals surface area contributed by atoms with Gasteiger partial charge < -0.3 is 10.6 Å². The van der Waals surface area contributed by atoms with Crippen molar-refractivity contribution in [2.24, 2.45) is 0 Å². The molecule has 0 aliphatic heterocycles. The summed E-state index contributed by atoms with van der Waals surface area (Å²) in [5.74, 6) is -0.700. The van der Waals surface area contributed by atoms with Gasteiger partial charge in [-0.1, -0.05) is 18.2 Å². The van der Waals surface area contributed by atoms with Crippen LogP contribution in [-0.4, -0.2) is 19.0 Å². The number of anilines is 1. The van der Waals surface area contributed by atoms with Crippen LogP contribution in [-0.2, 0) is 17.4 Å². The lowest BCUT2D eigenvalue weighted by Crippen LogP contribution is -2.31. The summed E-state index contributed by atoms with van der Waals surface area (Å²) in [7, 11) is 0. The van der Waals surface area contributed by atoms with Crippen molar-refractivity contribution in [2.75, 3.05) is 18.4 Å². The molecule has 0 aromatic heterocycles. The number of nitrogens with one attached hydrogen (secondary N) is 2. The van der Waals surface area contributed by atoms with E-state index in [4.69, 9.17) is 0 Å². The standard InChI is InChI=1S/C17H16F4N2O/c18-14-5-1-3-12(9-14)7-8-22-16(24)11-23-15-6-2-4-13(10-15)17(19,20)21/h1-6,9-10,23H,7-8,11H2,(H,22,24). The number of benzene rings is 2. The van der Waals surface area contributed by atoms with Crippen molar-refractivity contribution >= 4 is 11.6 Å². The van der Waals surface area contributed by atoms with E-state index in [0.29, 0.717) is 13.0 Å². The largest absolute Gasteiger partial charge is 0.416 e. The van der Waals surface area contributed by atoms with Crippen LogP contribution in [0.1, 0.15) is 11.1 Å². The molecule has 0 radical (unpaired) electrons. The highest BCUT2D eigenvalue weighted by Crippen LogP contribution is 2.30. The predicted molar refractivity (Wildman–Crippen MR) is 83.0 cm³/mol. The first kappa shape index (κ1) is 17.8. The molecule has 0 fully saturated rings. The van der Waals surface area contributed by atoms with Crippen molar-refractivity contribution < 1.29 is 22.4 Å². The van der Waals surface area contributed by atoms with E-state index in [0.717, 1.165) is 17.7 Å². The number of hydrogen-bond donors (Lipinski definition) is 2. The monoisotopic (exact) mass is 340 g/mol. The van der Waals surface area contributed by atoms with E-state index in [9.17, 15) is 22.4 Å². The molecule has 0 saturated carbocycles. The molecular formula is C17H16F4N2O. The molecule has 0 aliphatic carbocycles. The van der Waals surface area contributed by atoms with Crippen LogP contribution in [0.15, 0.2) is 48.5 Å². The van der Waals surface area contributed by atoms with E-state index in [1.807, 2.05) is 0 Å². The van der Waals surface area contributed by atoms with Gasteiger partial charge in [-0.05, 0) is 42.3 Å². The molecule has 128 valence electrons. The van der Waals surface area contributed by atoms with E-state index in [1.54, 1.807) is 12.1 Å². The van der Waals surface area contributed by atoms with Crippen LogP contribution in [0, 0.1) is 5.82 Å². The number of hydrogen-bond acceptors (Lipinski definition) is 2. The maximum atomic E-state index is 13.0. The van der Waals surface area contributed by atoms with Gasteiger partial charge in [-0.15, -0.1) is 0 Å². The van der Waals surface area contributed by atoms with Gasteiger partial charge in [0.05, 0.1) is 12.1 Å². The first-order valence-electron chi connectivity index (χ1n) is 7.27. The molecule has 2 aromatic carbocycles. The van der Waals surface area contributed by atoms with E-state index in [1.165, 1.54) is 24.3 Å². The SMILES string of the molecule is O=C(CNc1cccc(C(F)(F)F)c1)NCCc1cccc(F)c1. The summed E-state index contributed by atoms with van der Waals surface area (Å²) in [6, 6.07) is 10.7. The molecule has 1 amide bonds. The molecule has 2 rings (SSSR count). The molecule has 0 spiro atoms. The second-order valence-electron chi connectivity index (χ2n) is 5.16. The van der Waals surface area contributed by atoms with E-state index >= 15 is 0 Å². The first-order valence-corrected chi connectivity index (χ1v) is 7.27. The fourth-order valence-electron chi connectivity index (χ4n) is 2.09. The molecule has 3 nitrogen and oxygen atoms in total. The number of alkyl halides is 3. The van der Waals surface area contributed by atoms with Gasteiger partial charge in [0.1, 0.15) is 5.82 Å². The summed E-state index contributed by atoms with van der Waals surface area (Å²) < 4.78 is 50.8. The molecule has 0 atom stereocenters. The van der Waals surface area contributed by atoms with E-state index in [-0.39, 0.29) is 24.0 Å². The zero-order valence-electron chi connectivity index (χ0n) is 12.7. The average Bonchev–Trinajstić information content (AvgIpc) is 2.52. The smallest absolute Gasteiger partial charge is 0.376 e. The van der Waals surface area contributed by atoms with Crippen LogP contribution in [0.5, 0.6) is 0 Å². The summed E-state index contributed by atoms with van der Waals surface area (Å²) in [4.78, 5) is 11.7. The van der Waals surface area contributed by atoms with Crippen LogP contribution in [0.2, 0.25) is 0 Å². The normalized spacial score (nSPS) is 11.2. The van der Waals surface area contributed by atoms with Crippen LogP contribution in [0.3, 0.4) is 0 Å². The van der Waals surface area contributed by atoms with Gasteiger partial charge in [0.15, 0.2) is 0 Å². The maximum Gasteiger partial charge on any atom is 0.416 e. The Hall–Kier alpha value is -2.57. The second kappa shape index (κ2) is 7.81. The Morgan fingerprint density at radius 2 is 1.79 bits per heavy atom. The molecule has 24 heavy (non-hydrogen) atoms. The fraction of sp³-hybridized carbons (Fsp3) is 0.235. The fourth-order valence-corrected chi connectivity index (χ4v) is 2.09. The molecule has 0 saturated heterocycles. The number of carbonyl (C=O) groups is 1. The van der Waals surface area contributed by atoms with E-state index < -0.39 is 11.7 Å². The Morgan fingerprint density at radius 3 is 2.50 bits per heavy atom. The van der Waals surface area contributed by atoms with Crippen molar-refractivity contribution in [3.8, 4) is 0 Å². The highest BCUT2D eigenvalue weighted by Gasteiger charge is 2.30. The number of carbonyl (C=O) groups excluding carboxylic acids is 1. The summed E-state index contributed by atoms with van der Waals surface area (Å²) in [6.45, 7) is 0.164. The van der Waals surface area contributed by atoms with Gasteiger partial charge in [-0.25, -0.2) is 4.39 Å². The average molecular weight is 340 g/mol. The van der Waals surface area contributed by atoms with Crippen LogP contribution in [0.25, 0.3) is 0 Å². The minimum absolute atomic E-state index is 0.148. The zero-order chi connectivity index (χ0) is 17.6. The third-order valence-electron chi connectivity index (χ3n) is 3.27. The van der Waals surface area contributed by atoms with Gasteiger partial charge in [-0.3, -0.25) is 4.79 Å². The van der Waals surface area contributed by atoms with Crippen molar-refractivity contribution in [3.63, 3.8) is 0 Å². The Labute approximate surface area is 136 Å². The number of rotatable bonds is 6. The Morgan fingerprint density at radius 1 is 1.04 bits per heavy atom. The quantitative estimate of drug-likeness (QED) is 0.789. The van der Waals surface area contributed by atoms with Crippen molar-refractivity contribution in [1.29, 1.82) is 0 Å². The summed E-state index contributed by atoms with van der Waals surface area (Å²) in [6.07, 6.45) is -3.96. The number of amides is 1. The summed E-state index contributed by atoms with van der Waals surface area (Å²) in [5.41, 5.74) is 0.185. The third-order valence-corrected chi connectivity index (χ3v) is 3.27. The third kappa shape index (κ3) is 5.57. The molecule has 2 aromatic rings. The molecule has 0 unspecified atom stereocenters. The van der Waals surface area contributed by atoms with Crippen LogP contribution in [0.4, 0.5) is 23.2 Å². The second-order valence-corrected chi connectivity index (χ2v) is 5.16. The lowest BCUT2D eigenvalue weighted by molar-refractivity contribution is -0.137. The number of halogens is 4.